The van der Waals surface area contributed by atoms with Crippen molar-refractivity contribution in [2.45, 2.75) is 31.0 Å². The van der Waals surface area contributed by atoms with Crippen molar-refractivity contribution < 1.29 is 9.13 Å². The van der Waals surface area contributed by atoms with Gasteiger partial charge in [-0.05, 0) is 31.2 Å². The number of thiazole rings is 1. The summed E-state index contributed by atoms with van der Waals surface area (Å²) in [6.07, 6.45) is 1.75. The highest BCUT2D eigenvalue weighted by atomic mass is 32.2. The first-order valence-corrected chi connectivity index (χ1v) is 10.9. The zero-order chi connectivity index (χ0) is 21.1. The Morgan fingerprint density at radius 2 is 2.10 bits per heavy atom. The van der Waals surface area contributed by atoms with Gasteiger partial charge in [0.1, 0.15) is 18.2 Å². The van der Waals surface area contributed by atoms with Crippen LogP contribution < -0.4 is 10.3 Å². The predicted octanol–water partition coefficient (Wildman–Crippen LogP) is 3.85. The number of benzene rings is 1. The van der Waals surface area contributed by atoms with Crippen molar-refractivity contribution in [3.05, 3.63) is 81.8 Å². The zero-order valence-corrected chi connectivity index (χ0v) is 17.7. The third kappa shape index (κ3) is 4.29. The smallest absolute Gasteiger partial charge is 0.258 e. The molecule has 10 heteroatoms. The van der Waals surface area contributed by atoms with E-state index in [1.165, 1.54) is 35.2 Å². The van der Waals surface area contributed by atoms with Crippen LogP contribution in [0.1, 0.15) is 17.2 Å². The molecule has 0 atom stereocenters. The number of allylic oxidation sites excluding steroid dienone is 1. The highest BCUT2D eigenvalue weighted by Gasteiger charge is 2.14. The third-order valence-corrected chi connectivity index (χ3v) is 6.21. The minimum absolute atomic E-state index is 0.0877. The normalized spacial score (nSPS) is 11.1. The van der Waals surface area contributed by atoms with E-state index in [0.717, 1.165) is 5.69 Å². The van der Waals surface area contributed by atoms with Crippen LogP contribution in [-0.4, -0.2) is 24.1 Å². The molecule has 0 saturated heterocycles. The molecule has 30 heavy (non-hydrogen) atoms. The van der Waals surface area contributed by atoms with E-state index in [9.17, 15) is 9.18 Å². The van der Waals surface area contributed by atoms with E-state index in [0.29, 0.717) is 39.7 Å². The van der Waals surface area contributed by atoms with Gasteiger partial charge in [-0.15, -0.1) is 28.1 Å². The maximum absolute atomic E-state index is 13.0. The summed E-state index contributed by atoms with van der Waals surface area (Å²) in [7, 11) is 0. The van der Waals surface area contributed by atoms with Crippen LogP contribution in [-0.2, 0) is 18.9 Å². The largest absolute Gasteiger partial charge is 0.486 e. The molecule has 0 fully saturated rings. The molecule has 0 aliphatic rings. The van der Waals surface area contributed by atoms with Gasteiger partial charge < -0.3 is 4.74 Å². The molecule has 154 valence electrons. The van der Waals surface area contributed by atoms with Crippen LogP contribution in [0.2, 0.25) is 0 Å². The SMILES string of the molecule is C=CCn1c(COc2ccc(F)cc2)nnc1SCc1cc(=O)n2c(C)csc2n1. The lowest BCUT2D eigenvalue weighted by Crippen LogP contribution is -2.14. The number of aromatic nitrogens is 5. The number of rotatable bonds is 8. The van der Waals surface area contributed by atoms with Crippen LogP contribution in [0, 0.1) is 12.7 Å². The zero-order valence-electron chi connectivity index (χ0n) is 16.1. The van der Waals surface area contributed by atoms with E-state index in [1.54, 1.807) is 28.7 Å². The van der Waals surface area contributed by atoms with Gasteiger partial charge in [0, 0.05) is 29.4 Å². The van der Waals surface area contributed by atoms with Gasteiger partial charge in [-0.1, -0.05) is 17.8 Å². The van der Waals surface area contributed by atoms with Crippen LogP contribution >= 0.6 is 23.1 Å². The highest BCUT2D eigenvalue weighted by molar-refractivity contribution is 7.98. The minimum atomic E-state index is -0.319. The topological polar surface area (TPSA) is 74.3 Å². The van der Waals surface area contributed by atoms with Crippen LogP contribution in [0.4, 0.5) is 4.39 Å². The van der Waals surface area contributed by atoms with Crippen molar-refractivity contribution >= 4 is 28.1 Å². The molecule has 0 amide bonds. The number of fused-ring (bicyclic) bond motifs is 1. The average molecular weight is 444 g/mol. The van der Waals surface area contributed by atoms with Crippen molar-refractivity contribution in [1.82, 2.24) is 24.1 Å². The van der Waals surface area contributed by atoms with Gasteiger partial charge in [-0.25, -0.2) is 9.37 Å². The maximum Gasteiger partial charge on any atom is 0.258 e. The fourth-order valence-corrected chi connectivity index (χ4v) is 4.59. The fraction of sp³-hybridized carbons (Fsp3) is 0.200. The molecule has 0 bridgehead atoms. The van der Waals surface area contributed by atoms with E-state index in [2.05, 4.69) is 21.8 Å². The number of aryl methyl sites for hydroxylation is 1. The van der Waals surface area contributed by atoms with E-state index in [-0.39, 0.29) is 18.0 Å². The van der Waals surface area contributed by atoms with E-state index in [4.69, 9.17) is 4.74 Å². The van der Waals surface area contributed by atoms with Crippen molar-refractivity contribution in [3.8, 4) is 5.75 Å². The summed E-state index contributed by atoms with van der Waals surface area (Å²) in [4.78, 5) is 17.6. The molecule has 1 aromatic carbocycles. The maximum atomic E-state index is 13.0. The molecule has 0 N–H and O–H groups in total. The Morgan fingerprint density at radius 3 is 2.87 bits per heavy atom. The Bertz CT molecular complexity index is 1250. The van der Waals surface area contributed by atoms with Crippen LogP contribution in [0.5, 0.6) is 5.75 Å². The van der Waals surface area contributed by atoms with Gasteiger partial charge in [0.15, 0.2) is 15.9 Å². The number of halogens is 1. The van der Waals surface area contributed by atoms with Gasteiger partial charge >= 0.3 is 0 Å². The number of thioether (sulfide) groups is 1. The standard InChI is InChI=1S/C20H18FN5O2S2/c1-3-8-25-17(10-28-16-6-4-14(21)5-7-16)23-24-20(25)30-12-15-9-18(27)26-13(2)11-29-19(26)22-15/h3-7,9,11H,1,8,10,12H2,2H3. The van der Waals surface area contributed by atoms with Crippen LogP contribution in [0.3, 0.4) is 0 Å². The molecule has 0 saturated carbocycles. The molecule has 0 radical (unpaired) electrons. The highest BCUT2D eigenvalue weighted by Crippen LogP contribution is 2.23. The first-order valence-electron chi connectivity index (χ1n) is 9.06. The second kappa shape index (κ2) is 8.80. The second-order valence-electron chi connectivity index (χ2n) is 6.41. The van der Waals surface area contributed by atoms with Crippen molar-refractivity contribution in [3.63, 3.8) is 0 Å². The lowest BCUT2D eigenvalue weighted by atomic mass is 10.3. The number of nitrogens with zero attached hydrogens (tertiary/aromatic N) is 5. The Balaban J connectivity index is 1.49. The van der Waals surface area contributed by atoms with E-state index in [1.807, 2.05) is 16.9 Å². The summed E-state index contributed by atoms with van der Waals surface area (Å²) < 4.78 is 22.2. The average Bonchev–Trinajstić information content (AvgIpc) is 3.30. The lowest BCUT2D eigenvalue weighted by Gasteiger charge is -2.09. The first-order chi connectivity index (χ1) is 14.5. The molecule has 3 aromatic heterocycles. The molecular formula is C20H18FN5O2S2. The number of hydrogen-bond acceptors (Lipinski definition) is 7. The van der Waals surface area contributed by atoms with Crippen molar-refractivity contribution in [2.24, 2.45) is 0 Å². The third-order valence-electron chi connectivity index (χ3n) is 4.26. The molecule has 7 nitrogen and oxygen atoms in total. The predicted molar refractivity (Wildman–Crippen MR) is 115 cm³/mol. The summed E-state index contributed by atoms with van der Waals surface area (Å²) >= 11 is 2.88. The summed E-state index contributed by atoms with van der Waals surface area (Å²) in [6.45, 7) is 6.37. The Kier molecular flexibility index (Phi) is 5.96. The molecular weight excluding hydrogens is 425 g/mol. The van der Waals surface area contributed by atoms with E-state index >= 15 is 0 Å². The number of hydrogen-bond donors (Lipinski definition) is 0. The van der Waals surface area contributed by atoms with Crippen LogP contribution in [0.25, 0.3) is 4.96 Å². The molecule has 4 aromatic rings. The second-order valence-corrected chi connectivity index (χ2v) is 8.19. The summed E-state index contributed by atoms with van der Waals surface area (Å²) in [5, 5.41) is 11.0. The Hall–Kier alpha value is -2.98. The van der Waals surface area contributed by atoms with Crippen molar-refractivity contribution in [2.75, 3.05) is 0 Å². The van der Waals surface area contributed by atoms with Crippen molar-refractivity contribution in [1.29, 1.82) is 0 Å². The van der Waals surface area contributed by atoms with Gasteiger partial charge in [-0.3, -0.25) is 13.8 Å². The Labute approximate surface area is 179 Å². The Morgan fingerprint density at radius 1 is 1.30 bits per heavy atom. The number of ether oxygens (including phenoxy) is 1. The van der Waals surface area contributed by atoms with Gasteiger partial charge in [0.05, 0.1) is 5.69 Å². The molecule has 0 spiro atoms. The quantitative estimate of drug-likeness (QED) is 0.304. The summed E-state index contributed by atoms with van der Waals surface area (Å²) in [5.41, 5.74) is 1.47. The first kappa shape index (κ1) is 20.3. The summed E-state index contributed by atoms with van der Waals surface area (Å²) in [5.74, 6) is 1.33. The molecule has 0 aliphatic carbocycles. The molecule has 0 unspecified atom stereocenters. The lowest BCUT2D eigenvalue weighted by molar-refractivity contribution is 0.288. The van der Waals surface area contributed by atoms with Crippen LogP contribution in [0.15, 0.2) is 58.3 Å². The monoisotopic (exact) mass is 443 g/mol. The van der Waals surface area contributed by atoms with E-state index < -0.39 is 0 Å². The molecule has 4 rings (SSSR count). The summed E-state index contributed by atoms with van der Waals surface area (Å²) in [6, 6.07) is 7.35. The molecule has 0 aliphatic heterocycles. The van der Waals surface area contributed by atoms with Gasteiger partial charge in [-0.2, -0.15) is 0 Å². The minimum Gasteiger partial charge on any atom is -0.486 e. The fourth-order valence-electron chi connectivity index (χ4n) is 2.84. The molecule has 3 heterocycles. The van der Waals surface area contributed by atoms with Gasteiger partial charge in [0.2, 0.25) is 0 Å². The van der Waals surface area contributed by atoms with Gasteiger partial charge in [0.25, 0.3) is 5.56 Å².